The molecule has 0 amide bonds. The second-order valence-electron chi connectivity index (χ2n) is 6.41. The van der Waals surface area contributed by atoms with Crippen LogP contribution >= 0.6 is 7.26 Å². The molecule has 3 aromatic rings. The van der Waals surface area contributed by atoms with Crippen molar-refractivity contribution in [2.24, 2.45) is 0 Å². The third-order valence-electron chi connectivity index (χ3n) is 5.10. The number of benzene rings is 3. The fourth-order valence-electron chi connectivity index (χ4n) is 4.08. The van der Waals surface area contributed by atoms with Gasteiger partial charge in [-0.15, -0.1) is 0 Å². The molecule has 1 atom stereocenters. The van der Waals surface area contributed by atoms with Gasteiger partial charge in [-0.3, -0.25) is 0 Å². The zero-order chi connectivity index (χ0) is 16.2. The SMILES string of the molecule is c1ccc([PH](c2ccccc2)(c2ccccc2)C2CCCO2)cc1. The Kier molecular flexibility index (Phi) is 4.47. The molecule has 0 aromatic heterocycles. The van der Waals surface area contributed by atoms with E-state index in [2.05, 4.69) is 91.0 Å². The van der Waals surface area contributed by atoms with Crippen LogP contribution in [0.1, 0.15) is 12.8 Å². The number of ether oxygens (including phenoxy) is 1. The molecule has 24 heavy (non-hydrogen) atoms. The summed E-state index contributed by atoms with van der Waals surface area (Å²) in [4.78, 5) is 0. The molecule has 1 aliphatic rings. The van der Waals surface area contributed by atoms with Crippen LogP contribution < -0.4 is 15.9 Å². The van der Waals surface area contributed by atoms with E-state index in [1.165, 1.54) is 15.9 Å². The van der Waals surface area contributed by atoms with E-state index >= 15 is 0 Å². The van der Waals surface area contributed by atoms with Crippen molar-refractivity contribution in [2.45, 2.75) is 18.7 Å². The second-order valence-corrected chi connectivity index (χ2v) is 10.4. The van der Waals surface area contributed by atoms with Crippen molar-refractivity contribution in [3.05, 3.63) is 91.0 Å². The molecule has 1 aliphatic heterocycles. The maximum atomic E-state index is 6.34. The van der Waals surface area contributed by atoms with Gasteiger partial charge in [0.1, 0.15) is 0 Å². The van der Waals surface area contributed by atoms with E-state index in [0.717, 1.165) is 19.4 Å². The fraction of sp³-hybridized carbons (Fsp3) is 0.182. The first-order chi connectivity index (χ1) is 11.9. The molecule has 2 heteroatoms. The first kappa shape index (κ1) is 15.6. The molecule has 1 heterocycles. The van der Waals surface area contributed by atoms with E-state index in [1.807, 2.05) is 0 Å². The molecule has 4 rings (SSSR count). The van der Waals surface area contributed by atoms with Crippen molar-refractivity contribution in [1.82, 2.24) is 0 Å². The third kappa shape index (κ3) is 2.59. The standard InChI is InChI=1S/C22H23OP/c1-4-11-19(12-5-1)24(22-17-10-18-23-22,20-13-6-2-7-14-20)21-15-8-3-9-16-21/h1-9,11-16,22,24H,10,17-18H2. The van der Waals surface area contributed by atoms with Gasteiger partial charge < -0.3 is 0 Å². The first-order valence-electron chi connectivity index (χ1n) is 8.70. The van der Waals surface area contributed by atoms with Gasteiger partial charge in [0.25, 0.3) is 0 Å². The third-order valence-corrected chi connectivity index (χ3v) is 10.3. The van der Waals surface area contributed by atoms with Crippen molar-refractivity contribution in [3.63, 3.8) is 0 Å². The average Bonchev–Trinajstić information content (AvgIpc) is 3.20. The van der Waals surface area contributed by atoms with E-state index in [0.29, 0.717) is 5.85 Å². The summed E-state index contributed by atoms with van der Waals surface area (Å²) >= 11 is 0. The molecular weight excluding hydrogens is 311 g/mol. The quantitative estimate of drug-likeness (QED) is 0.659. The van der Waals surface area contributed by atoms with Gasteiger partial charge in [-0.1, -0.05) is 0 Å². The van der Waals surface area contributed by atoms with E-state index in [-0.39, 0.29) is 0 Å². The van der Waals surface area contributed by atoms with Crippen molar-refractivity contribution < 1.29 is 4.74 Å². The Morgan fingerprint density at radius 2 is 1.04 bits per heavy atom. The molecule has 0 N–H and O–H groups in total. The number of hydrogen-bond donors (Lipinski definition) is 0. The molecule has 1 fully saturated rings. The minimum atomic E-state index is -2.21. The second kappa shape index (κ2) is 6.89. The van der Waals surface area contributed by atoms with Crippen molar-refractivity contribution in [2.75, 3.05) is 6.61 Å². The Balaban J connectivity index is 2.03. The first-order valence-corrected chi connectivity index (χ1v) is 10.8. The molecule has 3 aromatic carbocycles. The summed E-state index contributed by atoms with van der Waals surface area (Å²) in [5.74, 6) is 0.296. The van der Waals surface area contributed by atoms with E-state index in [4.69, 9.17) is 4.74 Å². The van der Waals surface area contributed by atoms with Crippen molar-refractivity contribution in [3.8, 4) is 0 Å². The molecule has 1 saturated heterocycles. The summed E-state index contributed by atoms with van der Waals surface area (Å²) in [5, 5.41) is 4.32. The van der Waals surface area contributed by atoms with Crippen molar-refractivity contribution in [1.29, 1.82) is 0 Å². The van der Waals surface area contributed by atoms with Gasteiger partial charge >= 0.3 is 144 Å². The summed E-state index contributed by atoms with van der Waals surface area (Å²) in [5.41, 5.74) is 0. The van der Waals surface area contributed by atoms with Crippen LogP contribution in [0, 0.1) is 0 Å². The van der Waals surface area contributed by atoms with Gasteiger partial charge in [-0.25, -0.2) is 0 Å². The minimum absolute atomic E-state index is 0.296. The number of hydrogen-bond acceptors (Lipinski definition) is 1. The monoisotopic (exact) mass is 334 g/mol. The molecule has 122 valence electrons. The summed E-state index contributed by atoms with van der Waals surface area (Å²) < 4.78 is 6.34. The molecule has 0 bridgehead atoms. The van der Waals surface area contributed by atoms with Gasteiger partial charge in [-0.05, 0) is 0 Å². The van der Waals surface area contributed by atoms with Gasteiger partial charge in [0.05, 0.1) is 0 Å². The molecule has 0 saturated carbocycles. The van der Waals surface area contributed by atoms with E-state index < -0.39 is 7.26 Å². The summed E-state index contributed by atoms with van der Waals surface area (Å²) in [6, 6.07) is 33.1. The predicted octanol–water partition coefficient (Wildman–Crippen LogP) is 3.85. The van der Waals surface area contributed by atoms with Crippen LogP contribution in [-0.4, -0.2) is 12.5 Å². The zero-order valence-corrected chi connectivity index (χ0v) is 14.8. The normalized spacial score (nSPS) is 18.4. The topological polar surface area (TPSA) is 9.23 Å². The van der Waals surface area contributed by atoms with Crippen LogP contribution in [0.5, 0.6) is 0 Å². The number of rotatable bonds is 4. The van der Waals surface area contributed by atoms with Crippen molar-refractivity contribution >= 4 is 23.2 Å². The Labute approximate surface area is 144 Å². The molecule has 0 radical (unpaired) electrons. The zero-order valence-electron chi connectivity index (χ0n) is 13.8. The van der Waals surface area contributed by atoms with Crippen LogP contribution in [-0.2, 0) is 4.74 Å². The molecule has 0 aliphatic carbocycles. The van der Waals surface area contributed by atoms with Crippen LogP contribution in [0.25, 0.3) is 0 Å². The van der Waals surface area contributed by atoms with Gasteiger partial charge in [-0.2, -0.15) is 0 Å². The average molecular weight is 334 g/mol. The van der Waals surface area contributed by atoms with Gasteiger partial charge in [0.15, 0.2) is 0 Å². The Morgan fingerprint density at radius 3 is 1.38 bits per heavy atom. The fourth-order valence-corrected chi connectivity index (χ4v) is 9.36. The Hall–Kier alpha value is -1.95. The molecule has 1 nitrogen and oxygen atoms in total. The molecular formula is C22H23OP. The van der Waals surface area contributed by atoms with Crippen LogP contribution in [0.3, 0.4) is 0 Å². The summed E-state index contributed by atoms with van der Waals surface area (Å²) in [6.07, 6.45) is 2.30. The molecule has 1 unspecified atom stereocenters. The Bertz CT molecular complexity index is 668. The predicted molar refractivity (Wildman–Crippen MR) is 106 cm³/mol. The van der Waals surface area contributed by atoms with Gasteiger partial charge in [0, 0.05) is 0 Å². The Morgan fingerprint density at radius 1 is 0.625 bits per heavy atom. The van der Waals surface area contributed by atoms with Crippen LogP contribution in [0.15, 0.2) is 91.0 Å². The van der Waals surface area contributed by atoms with Crippen LogP contribution in [0.4, 0.5) is 0 Å². The van der Waals surface area contributed by atoms with E-state index in [9.17, 15) is 0 Å². The summed E-state index contributed by atoms with van der Waals surface area (Å²) in [6.45, 7) is 0.881. The molecule has 0 spiro atoms. The maximum absolute atomic E-state index is 6.34. The van der Waals surface area contributed by atoms with E-state index in [1.54, 1.807) is 0 Å². The summed E-state index contributed by atoms with van der Waals surface area (Å²) in [7, 11) is -2.21. The van der Waals surface area contributed by atoms with Crippen LogP contribution in [0.2, 0.25) is 0 Å². The van der Waals surface area contributed by atoms with Gasteiger partial charge in [0.2, 0.25) is 0 Å².